The number of nitrogens with zero attached hydrogens (tertiary/aromatic N) is 1. The van der Waals surface area contributed by atoms with Crippen LogP contribution in [0.3, 0.4) is 0 Å². The van der Waals surface area contributed by atoms with E-state index >= 15 is 0 Å². The largest absolute Gasteiger partial charge is 0.466 e. The summed E-state index contributed by atoms with van der Waals surface area (Å²) < 4.78 is 11.2. The van der Waals surface area contributed by atoms with Gasteiger partial charge in [-0.2, -0.15) is 0 Å². The van der Waals surface area contributed by atoms with Gasteiger partial charge in [0, 0.05) is 26.2 Å². The quantitative estimate of drug-likeness (QED) is 0.0617. The normalized spacial score (nSPS) is 11.5. The lowest BCUT2D eigenvalue weighted by atomic mass is 10.1. The topological polar surface area (TPSA) is 59.0 Å². The highest BCUT2D eigenvalue weighted by Crippen LogP contribution is 2.11. The molecule has 0 aliphatic heterocycles. The average Bonchev–Trinajstić information content (AvgIpc) is 2.95. The summed E-state index contributed by atoms with van der Waals surface area (Å²) in [5, 5.41) is 9.42. The van der Waals surface area contributed by atoms with Crippen molar-refractivity contribution in [3.05, 3.63) is 0 Å². The highest BCUT2D eigenvalue weighted by Gasteiger charge is 2.05. The van der Waals surface area contributed by atoms with Crippen LogP contribution < -0.4 is 0 Å². The molecule has 0 aliphatic carbocycles. The van der Waals surface area contributed by atoms with Crippen molar-refractivity contribution in [2.75, 3.05) is 46.1 Å². The van der Waals surface area contributed by atoms with Gasteiger partial charge in [-0.25, -0.2) is 0 Å². The standard InChI is InChI=1S/C35H71NO4/c1-3-5-7-9-11-18-24-32-39-33-25-19-14-17-23-29-36(30-31-37)28-22-16-13-15-21-27-35(38)40-34-26-20-12-10-8-6-4-2/h37H,3-34H2,1-2H3. The zero-order valence-electron chi connectivity index (χ0n) is 27.2. The maximum absolute atomic E-state index is 11.9. The first-order valence-electron chi connectivity index (χ1n) is 17.8. The Labute approximate surface area is 250 Å². The van der Waals surface area contributed by atoms with Gasteiger partial charge in [-0.15, -0.1) is 0 Å². The Bertz CT molecular complexity index is 488. The van der Waals surface area contributed by atoms with Crippen LogP contribution >= 0.6 is 0 Å². The van der Waals surface area contributed by atoms with Crippen LogP contribution in [0, 0.1) is 0 Å². The van der Waals surface area contributed by atoms with Crippen molar-refractivity contribution in [2.45, 2.75) is 174 Å². The number of carbonyl (C=O) groups is 1. The summed E-state index contributed by atoms with van der Waals surface area (Å²) in [5.74, 6) is -0.0175. The molecule has 0 fully saturated rings. The van der Waals surface area contributed by atoms with Crippen molar-refractivity contribution >= 4 is 5.97 Å². The molecule has 0 spiro atoms. The lowest BCUT2D eigenvalue weighted by molar-refractivity contribution is -0.143. The molecule has 0 aromatic rings. The van der Waals surface area contributed by atoms with Crippen LogP contribution in [0.15, 0.2) is 0 Å². The first-order valence-corrected chi connectivity index (χ1v) is 17.8. The maximum atomic E-state index is 11.9. The summed E-state index contributed by atoms with van der Waals surface area (Å²) in [6, 6.07) is 0. The number of hydrogen-bond donors (Lipinski definition) is 1. The van der Waals surface area contributed by atoms with E-state index in [0.717, 1.165) is 52.1 Å². The van der Waals surface area contributed by atoms with E-state index in [1.54, 1.807) is 0 Å². The SMILES string of the molecule is CCCCCCCCCOCCCCCCCN(CCO)CCCCCCCC(=O)OCCCCCCCCC. The lowest BCUT2D eigenvalue weighted by Gasteiger charge is -2.21. The molecule has 240 valence electrons. The summed E-state index contributed by atoms with van der Waals surface area (Å²) in [5.41, 5.74) is 0. The summed E-state index contributed by atoms with van der Waals surface area (Å²) in [4.78, 5) is 14.3. The van der Waals surface area contributed by atoms with E-state index in [4.69, 9.17) is 9.47 Å². The third kappa shape index (κ3) is 31.9. The number of hydrogen-bond acceptors (Lipinski definition) is 5. The second-order valence-electron chi connectivity index (χ2n) is 11.9. The Morgan fingerprint density at radius 1 is 0.500 bits per heavy atom. The van der Waals surface area contributed by atoms with E-state index in [0.29, 0.717) is 13.0 Å². The van der Waals surface area contributed by atoms with Crippen LogP contribution in [-0.4, -0.2) is 62.0 Å². The van der Waals surface area contributed by atoms with Crippen molar-refractivity contribution in [1.29, 1.82) is 0 Å². The van der Waals surface area contributed by atoms with Gasteiger partial charge < -0.3 is 19.5 Å². The third-order valence-electron chi connectivity index (χ3n) is 7.94. The maximum Gasteiger partial charge on any atom is 0.305 e. The van der Waals surface area contributed by atoms with Gasteiger partial charge in [0.2, 0.25) is 0 Å². The highest BCUT2D eigenvalue weighted by atomic mass is 16.5. The van der Waals surface area contributed by atoms with Crippen LogP contribution in [0.2, 0.25) is 0 Å². The van der Waals surface area contributed by atoms with Gasteiger partial charge in [0.05, 0.1) is 13.2 Å². The number of aliphatic hydroxyl groups excluding tert-OH is 1. The van der Waals surface area contributed by atoms with Gasteiger partial charge >= 0.3 is 5.97 Å². The number of unbranched alkanes of at least 4 members (excludes halogenated alkanes) is 20. The monoisotopic (exact) mass is 570 g/mol. The molecule has 0 saturated heterocycles. The van der Waals surface area contributed by atoms with Gasteiger partial charge in [0.15, 0.2) is 0 Å². The third-order valence-corrected chi connectivity index (χ3v) is 7.94. The van der Waals surface area contributed by atoms with Crippen LogP contribution in [0.4, 0.5) is 0 Å². The van der Waals surface area contributed by atoms with Crippen molar-refractivity contribution in [2.24, 2.45) is 0 Å². The van der Waals surface area contributed by atoms with Crippen LogP contribution in [0.25, 0.3) is 0 Å². The smallest absolute Gasteiger partial charge is 0.305 e. The van der Waals surface area contributed by atoms with E-state index in [2.05, 4.69) is 18.7 Å². The van der Waals surface area contributed by atoms with Crippen molar-refractivity contribution in [3.63, 3.8) is 0 Å². The lowest BCUT2D eigenvalue weighted by Crippen LogP contribution is -2.29. The second-order valence-corrected chi connectivity index (χ2v) is 11.9. The molecule has 0 amide bonds. The first-order chi connectivity index (χ1) is 19.7. The van der Waals surface area contributed by atoms with Gasteiger partial charge in [0.25, 0.3) is 0 Å². The molecule has 0 aromatic heterocycles. The Kier molecular flexibility index (Phi) is 34.0. The minimum atomic E-state index is -0.0175. The molecule has 0 heterocycles. The fraction of sp³-hybridized carbons (Fsp3) is 0.971. The molecular weight excluding hydrogens is 498 g/mol. The van der Waals surface area contributed by atoms with Crippen molar-refractivity contribution < 1.29 is 19.4 Å². The molecule has 40 heavy (non-hydrogen) atoms. The van der Waals surface area contributed by atoms with E-state index in [9.17, 15) is 9.90 Å². The van der Waals surface area contributed by atoms with E-state index in [1.165, 1.54) is 135 Å². The molecule has 0 rings (SSSR count). The molecule has 0 aromatic carbocycles. The van der Waals surface area contributed by atoms with E-state index in [-0.39, 0.29) is 12.6 Å². The summed E-state index contributed by atoms with van der Waals surface area (Å²) in [7, 11) is 0. The molecule has 5 heteroatoms. The molecule has 0 unspecified atom stereocenters. The Morgan fingerprint density at radius 3 is 1.38 bits per heavy atom. The summed E-state index contributed by atoms with van der Waals surface area (Å²) in [6.45, 7) is 10.2. The Hall–Kier alpha value is -0.650. The predicted octanol–water partition coefficient (Wildman–Crippen LogP) is 9.63. The first kappa shape index (κ1) is 39.4. The minimum Gasteiger partial charge on any atom is -0.466 e. The zero-order valence-corrected chi connectivity index (χ0v) is 27.2. The molecule has 0 radical (unpaired) electrons. The molecule has 0 atom stereocenters. The molecule has 1 N–H and O–H groups in total. The van der Waals surface area contributed by atoms with E-state index in [1.807, 2.05) is 0 Å². The molecular formula is C35H71NO4. The number of esters is 1. The molecule has 0 saturated carbocycles. The van der Waals surface area contributed by atoms with Crippen LogP contribution in [0.1, 0.15) is 174 Å². The summed E-state index contributed by atoms with van der Waals surface area (Å²) >= 11 is 0. The van der Waals surface area contributed by atoms with Gasteiger partial charge in [-0.3, -0.25) is 4.79 Å². The number of aliphatic hydroxyl groups is 1. The van der Waals surface area contributed by atoms with Gasteiger partial charge in [-0.1, -0.05) is 129 Å². The van der Waals surface area contributed by atoms with E-state index < -0.39 is 0 Å². The molecule has 5 nitrogen and oxygen atoms in total. The Balaban J connectivity index is 3.46. The molecule has 0 bridgehead atoms. The van der Waals surface area contributed by atoms with Crippen molar-refractivity contribution in [1.82, 2.24) is 4.90 Å². The Morgan fingerprint density at radius 2 is 0.900 bits per heavy atom. The average molecular weight is 570 g/mol. The van der Waals surface area contributed by atoms with Gasteiger partial charge in [-0.05, 0) is 51.6 Å². The minimum absolute atomic E-state index is 0.0175. The fourth-order valence-corrected chi connectivity index (χ4v) is 5.26. The number of rotatable bonds is 34. The van der Waals surface area contributed by atoms with Gasteiger partial charge in [0.1, 0.15) is 0 Å². The number of ether oxygens (including phenoxy) is 2. The van der Waals surface area contributed by atoms with Crippen molar-refractivity contribution in [3.8, 4) is 0 Å². The number of carbonyl (C=O) groups excluding carboxylic acids is 1. The predicted molar refractivity (Wildman–Crippen MR) is 172 cm³/mol. The summed E-state index contributed by atoms with van der Waals surface area (Å²) in [6.07, 6.45) is 30.6. The zero-order chi connectivity index (χ0) is 29.2. The van der Waals surface area contributed by atoms with Crippen LogP contribution in [0.5, 0.6) is 0 Å². The van der Waals surface area contributed by atoms with Crippen LogP contribution in [-0.2, 0) is 14.3 Å². The second kappa shape index (κ2) is 34.6. The molecule has 0 aliphatic rings. The highest BCUT2D eigenvalue weighted by molar-refractivity contribution is 5.69. The fourth-order valence-electron chi connectivity index (χ4n) is 5.26.